The molecular formula is C23H24N2O2. The number of carbonyl (C=O) groups excluding carboxylic acids is 1. The van der Waals surface area contributed by atoms with Crippen LogP contribution in [0.5, 0.6) is 0 Å². The molecule has 0 radical (unpaired) electrons. The van der Waals surface area contributed by atoms with Gasteiger partial charge in [-0.25, -0.2) is 0 Å². The molecule has 4 heteroatoms. The van der Waals surface area contributed by atoms with Crippen LogP contribution in [0.3, 0.4) is 0 Å². The van der Waals surface area contributed by atoms with Gasteiger partial charge in [-0.15, -0.1) is 0 Å². The Balaban J connectivity index is 1.72. The summed E-state index contributed by atoms with van der Waals surface area (Å²) in [5, 5.41) is 3.91. The summed E-state index contributed by atoms with van der Waals surface area (Å²) in [4.78, 5) is 17.6. The minimum Gasteiger partial charge on any atom is -0.376 e. The molecule has 4 rings (SSSR count). The van der Waals surface area contributed by atoms with E-state index in [1.165, 1.54) is 5.56 Å². The van der Waals surface area contributed by atoms with Gasteiger partial charge in [-0.05, 0) is 38.3 Å². The third-order valence-corrected chi connectivity index (χ3v) is 5.09. The zero-order valence-corrected chi connectivity index (χ0v) is 15.8. The molecule has 0 unspecified atom stereocenters. The lowest BCUT2D eigenvalue weighted by Gasteiger charge is -2.14. The highest BCUT2D eigenvalue weighted by Gasteiger charge is 2.19. The SMILES string of the molecule is Cc1ccc(-c2cccc3c(C(=O)NC[C@H]4CCCO4)cc(C)nc23)cc1. The number of benzene rings is 2. The van der Waals surface area contributed by atoms with Crippen molar-refractivity contribution >= 4 is 16.8 Å². The van der Waals surface area contributed by atoms with Crippen molar-refractivity contribution in [2.75, 3.05) is 13.2 Å². The van der Waals surface area contributed by atoms with E-state index in [9.17, 15) is 4.79 Å². The van der Waals surface area contributed by atoms with Gasteiger partial charge in [0, 0.05) is 29.8 Å². The zero-order valence-electron chi connectivity index (χ0n) is 15.8. The van der Waals surface area contributed by atoms with Crippen molar-refractivity contribution in [1.82, 2.24) is 10.3 Å². The maximum Gasteiger partial charge on any atom is 0.252 e. The molecule has 1 aromatic heterocycles. The van der Waals surface area contributed by atoms with E-state index >= 15 is 0 Å². The van der Waals surface area contributed by atoms with Gasteiger partial charge in [-0.2, -0.15) is 0 Å². The number of fused-ring (bicyclic) bond motifs is 1. The van der Waals surface area contributed by atoms with Crippen LogP contribution in [0, 0.1) is 13.8 Å². The van der Waals surface area contributed by atoms with E-state index in [-0.39, 0.29) is 12.0 Å². The van der Waals surface area contributed by atoms with Gasteiger partial charge >= 0.3 is 0 Å². The largest absolute Gasteiger partial charge is 0.376 e. The van der Waals surface area contributed by atoms with E-state index in [2.05, 4.69) is 42.6 Å². The lowest BCUT2D eigenvalue weighted by Crippen LogP contribution is -2.32. The second kappa shape index (κ2) is 7.49. The molecule has 27 heavy (non-hydrogen) atoms. The second-order valence-corrected chi connectivity index (χ2v) is 7.22. The number of nitrogens with one attached hydrogen (secondary N) is 1. The quantitative estimate of drug-likeness (QED) is 0.749. The first-order valence-electron chi connectivity index (χ1n) is 9.49. The lowest BCUT2D eigenvalue weighted by molar-refractivity contribution is 0.0859. The van der Waals surface area contributed by atoms with E-state index in [1.807, 2.05) is 25.1 Å². The normalized spacial score (nSPS) is 16.6. The van der Waals surface area contributed by atoms with Gasteiger partial charge in [-0.3, -0.25) is 9.78 Å². The average molecular weight is 360 g/mol. The Labute approximate surface area is 159 Å². The summed E-state index contributed by atoms with van der Waals surface area (Å²) in [6.45, 7) is 5.35. The number of aromatic nitrogens is 1. The monoisotopic (exact) mass is 360 g/mol. The highest BCUT2D eigenvalue weighted by atomic mass is 16.5. The summed E-state index contributed by atoms with van der Waals surface area (Å²) in [6.07, 6.45) is 2.21. The van der Waals surface area contributed by atoms with Crippen LogP contribution < -0.4 is 5.32 Å². The molecule has 1 N–H and O–H groups in total. The Kier molecular flexibility index (Phi) is 4.90. The van der Waals surface area contributed by atoms with Gasteiger partial charge in [-0.1, -0.05) is 48.0 Å². The number of pyridine rings is 1. The number of para-hydroxylation sites is 1. The molecule has 2 heterocycles. The molecule has 0 saturated carbocycles. The summed E-state index contributed by atoms with van der Waals surface area (Å²) in [5.41, 5.74) is 5.74. The van der Waals surface area contributed by atoms with Crippen molar-refractivity contribution in [2.24, 2.45) is 0 Å². The van der Waals surface area contributed by atoms with Crippen LogP contribution in [0.1, 0.15) is 34.5 Å². The second-order valence-electron chi connectivity index (χ2n) is 7.22. The summed E-state index contributed by atoms with van der Waals surface area (Å²) in [5.74, 6) is -0.0675. The number of carbonyl (C=O) groups is 1. The van der Waals surface area contributed by atoms with Gasteiger partial charge in [0.05, 0.1) is 17.2 Å². The minimum atomic E-state index is -0.0675. The van der Waals surface area contributed by atoms with Crippen molar-refractivity contribution in [1.29, 1.82) is 0 Å². The molecule has 0 bridgehead atoms. The van der Waals surface area contributed by atoms with E-state index in [4.69, 9.17) is 9.72 Å². The third kappa shape index (κ3) is 3.71. The van der Waals surface area contributed by atoms with Crippen molar-refractivity contribution in [2.45, 2.75) is 32.8 Å². The van der Waals surface area contributed by atoms with E-state index < -0.39 is 0 Å². The van der Waals surface area contributed by atoms with Gasteiger partial charge < -0.3 is 10.1 Å². The van der Waals surface area contributed by atoms with Crippen LogP contribution >= 0.6 is 0 Å². The molecule has 1 aliphatic heterocycles. The Morgan fingerprint density at radius 1 is 1.19 bits per heavy atom. The molecule has 2 aromatic carbocycles. The fourth-order valence-electron chi connectivity index (χ4n) is 3.64. The van der Waals surface area contributed by atoms with Gasteiger partial charge in [0.2, 0.25) is 0 Å². The van der Waals surface area contributed by atoms with Crippen molar-refractivity contribution in [3.8, 4) is 11.1 Å². The molecule has 0 aliphatic carbocycles. The number of hydrogen-bond acceptors (Lipinski definition) is 3. The molecular weight excluding hydrogens is 336 g/mol. The van der Waals surface area contributed by atoms with Crippen LogP contribution in [0.2, 0.25) is 0 Å². The highest BCUT2D eigenvalue weighted by Crippen LogP contribution is 2.30. The van der Waals surface area contributed by atoms with E-state index in [1.54, 1.807) is 0 Å². The van der Waals surface area contributed by atoms with Crippen LogP contribution in [0.25, 0.3) is 22.0 Å². The first kappa shape index (κ1) is 17.7. The fraction of sp³-hybridized carbons (Fsp3) is 0.304. The summed E-state index contributed by atoms with van der Waals surface area (Å²) in [7, 11) is 0. The smallest absolute Gasteiger partial charge is 0.252 e. The number of hydrogen-bond donors (Lipinski definition) is 1. The Morgan fingerprint density at radius 3 is 2.74 bits per heavy atom. The van der Waals surface area contributed by atoms with Crippen molar-refractivity contribution < 1.29 is 9.53 Å². The lowest BCUT2D eigenvalue weighted by atomic mass is 9.98. The zero-order chi connectivity index (χ0) is 18.8. The molecule has 1 amide bonds. The molecule has 1 fully saturated rings. The average Bonchev–Trinajstić information content (AvgIpc) is 3.19. The third-order valence-electron chi connectivity index (χ3n) is 5.09. The van der Waals surface area contributed by atoms with Crippen LogP contribution in [-0.2, 0) is 4.74 Å². The number of ether oxygens (including phenoxy) is 1. The Hall–Kier alpha value is -2.72. The number of amides is 1. The number of rotatable bonds is 4. The van der Waals surface area contributed by atoms with Crippen molar-refractivity contribution in [3.05, 3.63) is 65.4 Å². The molecule has 138 valence electrons. The highest BCUT2D eigenvalue weighted by molar-refractivity contribution is 6.09. The molecule has 1 atom stereocenters. The van der Waals surface area contributed by atoms with Gasteiger partial charge in [0.25, 0.3) is 5.91 Å². The Morgan fingerprint density at radius 2 is 2.00 bits per heavy atom. The predicted molar refractivity (Wildman–Crippen MR) is 108 cm³/mol. The van der Waals surface area contributed by atoms with Crippen molar-refractivity contribution in [3.63, 3.8) is 0 Å². The number of nitrogens with zero attached hydrogens (tertiary/aromatic N) is 1. The summed E-state index contributed by atoms with van der Waals surface area (Å²) >= 11 is 0. The molecule has 1 saturated heterocycles. The predicted octanol–water partition coefficient (Wildman–Crippen LogP) is 4.43. The Bertz CT molecular complexity index is 974. The van der Waals surface area contributed by atoms with Crippen LogP contribution in [0.15, 0.2) is 48.5 Å². The fourth-order valence-corrected chi connectivity index (χ4v) is 3.64. The van der Waals surface area contributed by atoms with E-state index in [0.29, 0.717) is 12.1 Å². The van der Waals surface area contributed by atoms with Crippen LogP contribution in [0.4, 0.5) is 0 Å². The maximum absolute atomic E-state index is 12.9. The summed E-state index contributed by atoms with van der Waals surface area (Å²) in [6, 6.07) is 16.3. The minimum absolute atomic E-state index is 0.0675. The van der Waals surface area contributed by atoms with Crippen LogP contribution in [-0.4, -0.2) is 30.1 Å². The topological polar surface area (TPSA) is 51.2 Å². The van der Waals surface area contributed by atoms with E-state index in [0.717, 1.165) is 47.2 Å². The molecule has 0 spiro atoms. The first-order chi connectivity index (χ1) is 13.1. The van der Waals surface area contributed by atoms with Gasteiger partial charge in [0.1, 0.15) is 0 Å². The maximum atomic E-state index is 12.9. The molecule has 1 aliphatic rings. The van der Waals surface area contributed by atoms with Gasteiger partial charge in [0.15, 0.2) is 0 Å². The first-order valence-corrected chi connectivity index (χ1v) is 9.49. The summed E-state index contributed by atoms with van der Waals surface area (Å²) < 4.78 is 5.61. The molecule has 4 nitrogen and oxygen atoms in total. The molecule has 3 aromatic rings. The number of aryl methyl sites for hydroxylation is 2. The standard InChI is InChI=1S/C23H24N2O2/c1-15-8-10-17(11-9-15)19-6-3-7-20-21(13-16(2)25-22(19)20)23(26)24-14-18-5-4-12-27-18/h3,6-11,13,18H,4-5,12,14H2,1-2H3,(H,24,26)/t18-/m1/s1.